The molecule has 6 heteroatoms. The van der Waals surface area contributed by atoms with Crippen molar-refractivity contribution in [2.75, 3.05) is 6.54 Å². The number of carbonyl (C=O) groups is 2. The summed E-state index contributed by atoms with van der Waals surface area (Å²) in [6, 6.07) is 3.87. The summed E-state index contributed by atoms with van der Waals surface area (Å²) < 4.78 is 13.2. The Morgan fingerprint density at radius 2 is 1.64 bits per heavy atom. The Labute approximate surface area is 174 Å². The highest BCUT2D eigenvalue weighted by Crippen LogP contribution is 2.15. The molecule has 1 aromatic rings. The van der Waals surface area contributed by atoms with E-state index < -0.39 is 5.82 Å². The second kappa shape index (κ2) is 13.5. The molecule has 4 nitrogen and oxygen atoms in total. The van der Waals surface area contributed by atoms with Gasteiger partial charge in [-0.05, 0) is 57.7 Å². The summed E-state index contributed by atoms with van der Waals surface area (Å²) in [5, 5.41) is 5.93. The van der Waals surface area contributed by atoms with Gasteiger partial charge in [-0.1, -0.05) is 45.2 Å². The average molecular weight is 415 g/mol. The molecule has 0 fully saturated rings. The Kier molecular flexibility index (Phi) is 12.8. The highest BCUT2D eigenvalue weighted by Gasteiger charge is 2.12. The zero-order chi connectivity index (χ0) is 21.7. The number of rotatable bonds is 8. The van der Waals surface area contributed by atoms with E-state index in [2.05, 4.69) is 24.5 Å². The molecule has 0 bridgehead atoms. The summed E-state index contributed by atoms with van der Waals surface area (Å²) in [4.78, 5) is 22.6. The van der Waals surface area contributed by atoms with Crippen molar-refractivity contribution in [3.8, 4) is 0 Å². The minimum atomic E-state index is -0.490. The second-order valence-electron chi connectivity index (χ2n) is 7.96. The van der Waals surface area contributed by atoms with Gasteiger partial charge in [-0.25, -0.2) is 4.39 Å². The Morgan fingerprint density at radius 1 is 1.07 bits per heavy atom. The van der Waals surface area contributed by atoms with Crippen LogP contribution in [-0.4, -0.2) is 23.9 Å². The van der Waals surface area contributed by atoms with Crippen molar-refractivity contribution in [1.82, 2.24) is 10.6 Å². The molecule has 0 aliphatic rings. The molecule has 0 unspecified atom stereocenters. The molecular weight excluding hydrogens is 379 g/mol. The SMILES string of the molecule is CCC(=O)NC(C)(C)C.CCCC(CCC)CNC(=O)c1cc(F)cc(Cl)c1. The Morgan fingerprint density at radius 3 is 2.04 bits per heavy atom. The van der Waals surface area contributed by atoms with E-state index in [1.807, 2.05) is 27.7 Å². The molecule has 0 aromatic heterocycles. The molecule has 0 spiro atoms. The van der Waals surface area contributed by atoms with Gasteiger partial charge in [0, 0.05) is 29.1 Å². The summed E-state index contributed by atoms with van der Waals surface area (Å²) >= 11 is 5.74. The standard InChI is InChI=1S/C15H21ClFNO.C7H15NO/c1-3-5-11(6-4-2)10-18-15(19)12-7-13(16)9-14(17)8-12;1-5-6(9)8-7(2,3)4/h7-9,11H,3-6,10H2,1-2H3,(H,18,19);5H2,1-4H3,(H,8,9). The lowest BCUT2D eigenvalue weighted by atomic mass is 9.98. The number of nitrogens with one attached hydrogen (secondary N) is 2. The molecule has 0 atom stereocenters. The Hall–Kier alpha value is -1.62. The first-order valence-corrected chi connectivity index (χ1v) is 10.4. The molecule has 2 amide bonds. The van der Waals surface area contributed by atoms with E-state index in [1.54, 1.807) is 0 Å². The molecule has 1 rings (SSSR count). The fourth-order valence-electron chi connectivity index (χ4n) is 2.70. The quantitative estimate of drug-likeness (QED) is 0.570. The predicted molar refractivity (Wildman–Crippen MR) is 115 cm³/mol. The maximum atomic E-state index is 13.2. The fraction of sp³-hybridized carbons (Fsp3) is 0.636. The third-order valence-electron chi connectivity index (χ3n) is 3.91. The van der Waals surface area contributed by atoms with Crippen LogP contribution in [0.25, 0.3) is 0 Å². The molecular formula is C22H36ClFN2O2. The van der Waals surface area contributed by atoms with Gasteiger partial charge in [-0.2, -0.15) is 0 Å². The first-order valence-electron chi connectivity index (χ1n) is 10.1. The van der Waals surface area contributed by atoms with E-state index in [1.165, 1.54) is 18.2 Å². The van der Waals surface area contributed by atoms with Gasteiger partial charge in [0.2, 0.25) is 5.91 Å². The highest BCUT2D eigenvalue weighted by molar-refractivity contribution is 6.31. The molecule has 2 N–H and O–H groups in total. The van der Waals surface area contributed by atoms with Crippen LogP contribution in [0.5, 0.6) is 0 Å². The number of halogens is 2. The van der Waals surface area contributed by atoms with E-state index in [0.29, 0.717) is 18.9 Å². The molecule has 0 saturated carbocycles. The lowest BCUT2D eigenvalue weighted by molar-refractivity contribution is -0.122. The van der Waals surface area contributed by atoms with Crippen molar-refractivity contribution < 1.29 is 14.0 Å². The van der Waals surface area contributed by atoms with Crippen molar-refractivity contribution in [2.45, 2.75) is 79.2 Å². The molecule has 1 aromatic carbocycles. The van der Waals surface area contributed by atoms with Crippen LogP contribution in [0.2, 0.25) is 5.02 Å². The van der Waals surface area contributed by atoms with Crippen LogP contribution in [0.1, 0.15) is 84.0 Å². The number of hydrogen-bond acceptors (Lipinski definition) is 2. The average Bonchev–Trinajstić information content (AvgIpc) is 2.58. The monoisotopic (exact) mass is 414 g/mol. The Balaban J connectivity index is 0.000000684. The molecule has 0 saturated heterocycles. The molecule has 0 aliphatic heterocycles. The number of amides is 2. The summed E-state index contributed by atoms with van der Waals surface area (Å²) in [5.41, 5.74) is 0.198. The van der Waals surface area contributed by atoms with Gasteiger partial charge in [0.25, 0.3) is 5.91 Å². The lowest BCUT2D eigenvalue weighted by Gasteiger charge is -2.19. The van der Waals surface area contributed by atoms with Gasteiger partial charge in [0.05, 0.1) is 0 Å². The summed E-state index contributed by atoms with van der Waals surface area (Å²) in [6.45, 7) is 12.7. The third kappa shape index (κ3) is 12.7. The minimum absolute atomic E-state index is 0.0763. The van der Waals surface area contributed by atoms with E-state index in [0.717, 1.165) is 25.7 Å². The summed E-state index contributed by atoms with van der Waals surface area (Å²) in [6.07, 6.45) is 4.96. The van der Waals surface area contributed by atoms with E-state index in [9.17, 15) is 14.0 Å². The molecule has 160 valence electrons. The molecule has 0 aliphatic carbocycles. The maximum absolute atomic E-state index is 13.2. The zero-order valence-corrected chi connectivity index (χ0v) is 18.9. The topological polar surface area (TPSA) is 58.2 Å². The second-order valence-corrected chi connectivity index (χ2v) is 8.40. The Bertz CT molecular complexity index is 589. The van der Waals surface area contributed by atoms with Gasteiger partial charge in [-0.15, -0.1) is 0 Å². The van der Waals surface area contributed by atoms with Crippen LogP contribution in [0, 0.1) is 11.7 Å². The maximum Gasteiger partial charge on any atom is 0.251 e. The smallest absolute Gasteiger partial charge is 0.251 e. The van der Waals surface area contributed by atoms with Crippen molar-refractivity contribution in [1.29, 1.82) is 0 Å². The lowest BCUT2D eigenvalue weighted by Crippen LogP contribution is -2.40. The zero-order valence-electron chi connectivity index (χ0n) is 18.1. The molecule has 0 radical (unpaired) electrons. The first-order chi connectivity index (χ1) is 13.0. The van der Waals surface area contributed by atoms with Gasteiger partial charge < -0.3 is 10.6 Å². The van der Waals surface area contributed by atoms with Crippen LogP contribution in [-0.2, 0) is 4.79 Å². The van der Waals surface area contributed by atoms with Crippen LogP contribution < -0.4 is 10.6 Å². The fourth-order valence-corrected chi connectivity index (χ4v) is 2.92. The van der Waals surface area contributed by atoms with Gasteiger partial charge in [0.1, 0.15) is 5.82 Å². The van der Waals surface area contributed by atoms with Crippen LogP contribution in [0.15, 0.2) is 18.2 Å². The molecule has 0 heterocycles. The number of carbonyl (C=O) groups excluding carboxylic acids is 2. The predicted octanol–water partition coefficient (Wildman–Crippen LogP) is 5.74. The summed E-state index contributed by atoms with van der Waals surface area (Å²) in [5.74, 6) is -0.152. The first kappa shape index (κ1) is 26.4. The number of benzene rings is 1. The summed E-state index contributed by atoms with van der Waals surface area (Å²) in [7, 11) is 0. The van der Waals surface area contributed by atoms with Crippen molar-refractivity contribution >= 4 is 23.4 Å². The van der Waals surface area contributed by atoms with Crippen molar-refractivity contribution in [2.24, 2.45) is 5.92 Å². The van der Waals surface area contributed by atoms with Gasteiger partial charge in [-0.3, -0.25) is 9.59 Å². The largest absolute Gasteiger partial charge is 0.352 e. The van der Waals surface area contributed by atoms with Crippen molar-refractivity contribution in [3.05, 3.63) is 34.6 Å². The molecule has 28 heavy (non-hydrogen) atoms. The van der Waals surface area contributed by atoms with Crippen molar-refractivity contribution in [3.63, 3.8) is 0 Å². The van der Waals surface area contributed by atoms with Crippen LogP contribution in [0.4, 0.5) is 4.39 Å². The van der Waals surface area contributed by atoms with E-state index >= 15 is 0 Å². The van der Waals surface area contributed by atoms with Crippen LogP contribution >= 0.6 is 11.6 Å². The van der Waals surface area contributed by atoms with Crippen LogP contribution in [0.3, 0.4) is 0 Å². The van der Waals surface area contributed by atoms with Gasteiger partial charge in [0.15, 0.2) is 0 Å². The normalized spacial score (nSPS) is 10.9. The highest BCUT2D eigenvalue weighted by atomic mass is 35.5. The van der Waals surface area contributed by atoms with Gasteiger partial charge >= 0.3 is 0 Å². The minimum Gasteiger partial charge on any atom is -0.352 e. The van der Waals surface area contributed by atoms with E-state index in [-0.39, 0.29) is 27.9 Å². The number of hydrogen-bond donors (Lipinski definition) is 2. The third-order valence-corrected chi connectivity index (χ3v) is 4.12. The van der Waals surface area contributed by atoms with E-state index in [4.69, 9.17) is 11.6 Å².